The third kappa shape index (κ3) is 3.84. The smallest absolute Gasteiger partial charge is 0.257 e. The number of aromatic nitrogens is 3. The largest absolute Gasteiger partial charge is 0.350 e. The van der Waals surface area contributed by atoms with Crippen molar-refractivity contribution in [2.75, 3.05) is 5.32 Å². The molecule has 5 nitrogen and oxygen atoms in total. The fourth-order valence-corrected chi connectivity index (χ4v) is 3.71. The molecule has 1 N–H and O–H groups in total. The molecule has 0 unspecified atom stereocenters. The van der Waals surface area contributed by atoms with Gasteiger partial charge >= 0.3 is 0 Å². The normalized spacial score (nSPS) is 10.8. The minimum absolute atomic E-state index is 0.243. The molecule has 0 spiro atoms. The zero-order chi connectivity index (χ0) is 18.0. The molecule has 25 heavy (non-hydrogen) atoms. The number of rotatable bonds is 5. The summed E-state index contributed by atoms with van der Waals surface area (Å²) in [4.78, 5) is 12.5. The molecule has 8 heteroatoms. The van der Waals surface area contributed by atoms with E-state index in [1.54, 1.807) is 22.9 Å². The highest BCUT2D eigenvalue weighted by molar-refractivity contribution is 7.73. The number of hydrogen-bond acceptors (Lipinski definition) is 4. The third-order valence-corrected chi connectivity index (χ3v) is 5.55. The fraction of sp³-hybridized carbons (Fsp3) is 0.235. The van der Waals surface area contributed by atoms with Gasteiger partial charge in [-0.05, 0) is 55.9 Å². The maximum Gasteiger partial charge on any atom is 0.257 e. The summed E-state index contributed by atoms with van der Waals surface area (Å²) in [6, 6.07) is 9.29. The summed E-state index contributed by atoms with van der Waals surface area (Å²) in [6.45, 7) is 5.36. The Labute approximate surface area is 159 Å². The van der Waals surface area contributed by atoms with Gasteiger partial charge in [0.25, 0.3) is 5.91 Å². The van der Waals surface area contributed by atoms with E-state index in [1.807, 2.05) is 25.3 Å². The average molecular weight is 393 g/mol. The lowest BCUT2D eigenvalue weighted by Crippen LogP contribution is -2.14. The predicted octanol–water partition coefficient (Wildman–Crippen LogP) is 4.76. The molecule has 0 radical (unpaired) electrons. The summed E-state index contributed by atoms with van der Waals surface area (Å²) in [5.74, 6) is -0.243. The van der Waals surface area contributed by atoms with Crippen LogP contribution in [0.2, 0.25) is 5.02 Å². The third-order valence-electron chi connectivity index (χ3n) is 3.92. The lowest BCUT2D eigenvalue weighted by molar-refractivity contribution is 0.102. The summed E-state index contributed by atoms with van der Waals surface area (Å²) in [5, 5.41) is 8.28. The van der Waals surface area contributed by atoms with Crippen molar-refractivity contribution in [1.29, 1.82) is 0 Å². The zero-order valence-corrected chi connectivity index (χ0v) is 16.2. The van der Waals surface area contributed by atoms with Gasteiger partial charge in [-0.25, -0.2) is 4.68 Å². The molecule has 2 heterocycles. The average Bonchev–Trinajstić information content (AvgIpc) is 3.16. The second-order valence-corrected chi connectivity index (χ2v) is 7.51. The van der Waals surface area contributed by atoms with E-state index in [4.69, 9.17) is 23.8 Å². The quantitative estimate of drug-likeness (QED) is 0.637. The highest BCUT2D eigenvalue weighted by Gasteiger charge is 2.14. The number of carbonyl (C=O) groups is 1. The van der Waals surface area contributed by atoms with Crippen LogP contribution in [0.3, 0.4) is 0 Å². The standard InChI is InChI=1S/C17H17ClN4OS2/c1-3-21-9-5-6-12(21)10-22-17(24)25-16(20-22)19-15(23)13-7-4-8-14(18)11(13)2/h4-9H,3,10H2,1-2H3,(H,19,20,23). The van der Waals surface area contributed by atoms with E-state index in [-0.39, 0.29) is 5.91 Å². The zero-order valence-electron chi connectivity index (χ0n) is 13.8. The Morgan fingerprint density at radius 1 is 1.36 bits per heavy atom. The Morgan fingerprint density at radius 2 is 2.16 bits per heavy atom. The second kappa shape index (κ2) is 7.51. The topological polar surface area (TPSA) is 51.9 Å². The monoisotopic (exact) mass is 392 g/mol. The Morgan fingerprint density at radius 3 is 2.92 bits per heavy atom. The molecule has 0 fully saturated rings. The summed E-state index contributed by atoms with van der Waals surface area (Å²) in [7, 11) is 0. The van der Waals surface area contributed by atoms with Crippen molar-refractivity contribution in [2.45, 2.75) is 26.9 Å². The summed E-state index contributed by atoms with van der Waals surface area (Å²) < 4.78 is 4.47. The van der Waals surface area contributed by atoms with Crippen LogP contribution in [0.25, 0.3) is 0 Å². The van der Waals surface area contributed by atoms with Crippen LogP contribution in [-0.2, 0) is 13.1 Å². The number of nitrogens with zero attached hydrogens (tertiary/aromatic N) is 3. The number of hydrogen-bond donors (Lipinski definition) is 1. The predicted molar refractivity (Wildman–Crippen MR) is 104 cm³/mol. The molecule has 3 rings (SSSR count). The van der Waals surface area contributed by atoms with Crippen molar-refractivity contribution in [1.82, 2.24) is 14.3 Å². The van der Waals surface area contributed by atoms with Gasteiger partial charge in [-0.2, -0.15) is 0 Å². The molecule has 1 aromatic carbocycles. The van der Waals surface area contributed by atoms with Crippen molar-refractivity contribution in [3.63, 3.8) is 0 Å². The minimum Gasteiger partial charge on any atom is -0.350 e. The van der Waals surface area contributed by atoms with Crippen molar-refractivity contribution >= 4 is 46.2 Å². The van der Waals surface area contributed by atoms with Crippen molar-refractivity contribution < 1.29 is 4.79 Å². The Bertz CT molecular complexity index is 973. The van der Waals surface area contributed by atoms with Gasteiger partial charge in [-0.15, -0.1) is 5.10 Å². The van der Waals surface area contributed by atoms with Crippen LogP contribution in [0.1, 0.15) is 28.5 Å². The van der Waals surface area contributed by atoms with Crippen LogP contribution in [0.5, 0.6) is 0 Å². The Hall–Kier alpha value is -1.96. The molecule has 0 aliphatic heterocycles. The molecule has 0 saturated carbocycles. The number of carbonyl (C=O) groups excluding carboxylic acids is 1. The van der Waals surface area contributed by atoms with Crippen molar-refractivity contribution in [3.8, 4) is 0 Å². The lowest BCUT2D eigenvalue weighted by atomic mass is 10.1. The van der Waals surface area contributed by atoms with E-state index in [1.165, 1.54) is 11.3 Å². The van der Waals surface area contributed by atoms with Crippen LogP contribution in [0.4, 0.5) is 5.13 Å². The highest BCUT2D eigenvalue weighted by atomic mass is 35.5. The summed E-state index contributed by atoms with van der Waals surface area (Å²) in [5.41, 5.74) is 2.39. The number of aryl methyl sites for hydroxylation is 1. The first-order valence-corrected chi connectivity index (χ1v) is 9.38. The Kier molecular flexibility index (Phi) is 5.36. The van der Waals surface area contributed by atoms with Crippen LogP contribution in [0.15, 0.2) is 36.5 Å². The lowest BCUT2D eigenvalue weighted by Gasteiger charge is -2.07. The molecule has 3 aromatic rings. The number of amides is 1. The van der Waals surface area contributed by atoms with Gasteiger partial charge in [0.1, 0.15) is 0 Å². The van der Waals surface area contributed by atoms with Gasteiger partial charge in [-0.3, -0.25) is 10.1 Å². The molecule has 130 valence electrons. The van der Waals surface area contributed by atoms with Gasteiger partial charge in [0.05, 0.1) is 6.54 Å². The second-order valence-electron chi connectivity index (χ2n) is 5.48. The molecule has 0 bridgehead atoms. The number of benzene rings is 1. The summed E-state index contributed by atoms with van der Waals surface area (Å²) in [6.07, 6.45) is 2.02. The number of halogens is 1. The van der Waals surface area contributed by atoms with Crippen LogP contribution in [-0.4, -0.2) is 20.3 Å². The van der Waals surface area contributed by atoms with E-state index in [0.29, 0.717) is 26.2 Å². The van der Waals surface area contributed by atoms with E-state index in [9.17, 15) is 4.79 Å². The van der Waals surface area contributed by atoms with Gasteiger partial charge in [-0.1, -0.05) is 29.0 Å². The van der Waals surface area contributed by atoms with Crippen molar-refractivity contribution in [2.24, 2.45) is 0 Å². The van der Waals surface area contributed by atoms with E-state index in [2.05, 4.69) is 21.9 Å². The first-order valence-electron chi connectivity index (χ1n) is 7.78. The van der Waals surface area contributed by atoms with Gasteiger partial charge in [0, 0.05) is 29.0 Å². The molecule has 0 saturated heterocycles. The Balaban J connectivity index is 1.80. The van der Waals surface area contributed by atoms with Gasteiger partial charge in [0.2, 0.25) is 5.13 Å². The molecule has 2 aromatic heterocycles. The van der Waals surface area contributed by atoms with Crippen LogP contribution in [0, 0.1) is 10.9 Å². The van der Waals surface area contributed by atoms with E-state index >= 15 is 0 Å². The molecular formula is C17H17ClN4OS2. The first kappa shape index (κ1) is 17.8. The number of nitrogens with one attached hydrogen (secondary N) is 1. The SMILES string of the molecule is CCn1cccc1Cn1nc(NC(=O)c2cccc(Cl)c2C)sc1=S. The summed E-state index contributed by atoms with van der Waals surface area (Å²) >= 11 is 12.7. The van der Waals surface area contributed by atoms with Gasteiger partial charge < -0.3 is 4.57 Å². The first-order chi connectivity index (χ1) is 12.0. The molecule has 0 atom stereocenters. The van der Waals surface area contributed by atoms with Crippen LogP contribution < -0.4 is 5.32 Å². The maximum absolute atomic E-state index is 12.5. The number of anilines is 1. The molecule has 0 aliphatic rings. The maximum atomic E-state index is 12.5. The fourth-order valence-electron chi connectivity index (χ4n) is 2.53. The molecular weight excluding hydrogens is 376 g/mol. The van der Waals surface area contributed by atoms with Gasteiger partial charge in [0.15, 0.2) is 3.95 Å². The molecule has 0 aliphatic carbocycles. The minimum atomic E-state index is -0.243. The van der Waals surface area contributed by atoms with Crippen molar-refractivity contribution in [3.05, 3.63) is 62.3 Å². The highest BCUT2D eigenvalue weighted by Crippen LogP contribution is 2.21. The van der Waals surface area contributed by atoms with Crippen LogP contribution >= 0.6 is 35.2 Å². The molecule has 1 amide bonds. The van der Waals surface area contributed by atoms with E-state index in [0.717, 1.165) is 17.8 Å². The van der Waals surface area contributed by atoms with E-state index < -0.39 is 0 Å².